The molecule has 2 unspecified atom stereocenters. The normalized spacial score (nSPS) is 12.8. The van der Waals surface area contributed by atoms with Gasteiger partial charge < -0.3 is 20.3 Å². The summed E-state index contributed by atoms with van der Waals surface area (Å²) in [6.07, 6.45) is 3.88. The fourth-order valence-electron chi connectivity index (χ4n) is 2.17. The summed E-state index contributed by atoms with van der Waals surface area (Å²) >= 11 is 0. The van der Waals surface area contributed by atoms with E-state index in [1.165, 1.54) is 23.2 Å². The molecular weight excluding hydrogens is 362 g/mol. The van der Waals surface area contributed by atoms with Crippen molar-refractivity contribution in [1.82, 2.24) is 19.5 Å². The first-order chi connectivity index (χ1) is 13.0. The van der Waals surface area contributed by atoms with E-state index < -0.39 is 23.8 Å². The number of nitrogens with two attached hydrogens (primary N) is 1. The van der Waals surface area contributed by atoms with Crippen LogP contribution in [0, 0.1) is 4.91 Å². The number of carbonyl (C=O) groups excluding carboxylic acids is 1. The van der Waals surface area contributed by atoms with Gasteiger partial charge in [0.05, 0.1) is 6.33 Å². The molecule has 2 rings (SSSR count). The smallest absolute Gasteiger partial charge is 0.349 e. The Morgan fingerprint density at radius 1 is 1.52 bits per heavy atom. The third-order valence-electron chi connectivity index (χ3n) is 3.58. The molecule has 0 saturated heterocycles. The van der Waals surface area contributed by atoms with E-state index in [0.29, 0.717) is 5.69 Å². The Labute approximate surface area is 152 Å². The van der Waals surface area contributed by atoms with E-state index in [0.717, 1.165) is 0 Å². The molecule has 13 nitrogen and oxygen atoms in total. The average molecular weight is 381 g/mol. The van der Waals surface area contributed by atoms with E-state index in [1.54, 1.807) is 11.7 Å². The molecule has 0 fully saturated rings. The molecule has 2 heterocycles. The number of esters is 1. The summed E-state index contributed by atoms with van der Waals surface area (Å²) in [5.41, 5.74) is 7.57. The molecule has 0 bridgehead atoms. The fraction of sp³-hybridized carbons (Fsp3) is 0.429. The number of aromatic nitrogens is 4. The lowest BCUT2D eigenvalue weighted by Gasteiger charge is -2.16. The fourth-order valence-corrected chi connectivity index (χ4v) is 2.17. The van der Waals surface area contributed by atoms with E-state index in [1.807, 2.05) is 0 Å². The molecule has 0 aliphatic carbocycles. The van der Waals surface area contributed by atoms with Crippen molar-refractivity contribution in [2.24, 2.45) is 11.1 Å². The third-order valence-corrected chi connectivity index (χ3v) is 3.58. The van der Waals surface area contributed by atoms with Crippen LogP contribution in [0.2, 0.25) is 0 Å². The second kappa shape index (κ2) is 9.98. The molecule has 13 heteroatoms. The SMILES string of the molecule is NC(Cc1cnc[nH]1)C(=O)OCC(CCn1ccc(NO)nc1=O)ON=O. The van der Waals surface area contributed by atoms with Crippen LogP contribution in [0.25, 0.3) is 0 Å². The predicted octanol–water partition coefficient (Wildman–Crippen LogP) is -0.663. The second-order valence-electron chi connectivity index (χ2n) is 5.51. The van der Waals surface area contributed by atoms with Gasteiger partial charge in [-0.25, -0.2) is 9.78 Å². The molecule has 2 atom stereocenters. The highest BCUT2D eigenvalue weighted by molar-refractivity contribution is 5.75. The molecule has 0 spiro atoms. The molecule has 146 valence electrons. The molecule has 0 radical (unpaired) electrons. The second-order valence-corrected chi connectivity index (χ2v) is 5.51. The van der Waals surface area contributed by atoms with Gasteiger partial charge in [0.1, 0.15) is 12.6 Å². The standard InChI is InChI=1S/C14H19N7O6/c15-11(5-9-6-16-8-17-9)13(22)26-7-10(27-20-25)1-3-21-4-2-12(19-24)18-14(21)23/h2,4,6,8,10-11,24H,1,3,5,7,15H2,(H,16,17)(H,18,19,23). The van der Waals surface area contributed by atoms with Crippen molar-refractivity contribution in [2.45, 2.75) is 31.5 Å². The minimum atomic E-state index is -0.916. The van der Waals surface area contributed by atoms with Crippen LogP contribution >= 0.6 is 0 Å². The average Bonchev–Trinajstić information content (AvgIpc) is 3.17. The molecule has 2 aromatic rings. The highest BCUT2D eigenvalue weighted by Gasteiger charge is 2.20. The summed E-state index contributed by atoms with van der Waals surface area (Å²) in [5.74, 6) is -0.680. The topological polar surface area (TPSA) is 187 Å². The van der Waals surface area contributed by atoms with Crippen molar-refractivity contribution in [3.63, 3.8) is 0 Å². The summed E-state index contributed by atoms with van der Waals surface area (Å²) in [7, 11) is 0. The number of imidazole rings is 1. The van der Waals surface area contributed by atoms with Crippen LogP contribution in [0.4, 0.5) is 5.82 Å². The predicted molar refractivity (Wildman–Crippen MR) is 90.4 cm³/mol. The summed E-state index contributed by atoms with van der Waals surface area (Å²) in [4.78, 5) is 48.9. The zero-order valence-electron chi connectivity index (χ0n) is 14.1. The Hall–Kier alpha value is -3.32. The summed E-state index contributed by atoms with van der Waals surface area (Å²) in [6, 6.07) is 0.463. The number of aromatic amines is 1. The molecular formula is C14H19N7O6. The summed E-state index contributed by atoms with van der Waals surface area (Å²) < 4.78 is 6.28. The lowest BCUT2D eigenvalue weighted by atomic mass is 10.2. The number of anilines is 1. The number of hydrogen-bond acceptors (Lipinski definition) is 11. The quantitative estimate of drug-likeness (QED) is 0.221. The van der Waals surface area contributed by atoms with Crippen molar-refractivity contribution in [3.8, 4) is 0 Å². The lowest BCUT2D eigenvalue weighted by Crippen LogP contribution is -2.36. The number of nitrogens with zero attached hydrogens (tertiary/aromatic N) is 4. The van der Waals surface area contributed by atoms with Gasteiger partial charge in [0, 0.05) is 37.5 Å². The van der Waals surface area contributed by atoms with E-state index in [2.05, 4.69) is 25.1 Å². The molecule has 0 saturated carbocycles. The maximum absolute atomic E-state index is 11.9. The molecule has 0 aliphatic heterocycles. The monoisotopic (exact) mass is 381 g/mol. The Morgan fingerprint density at radius 2 is 2.33 bits per heavy atom. The zero-order valence-corrected chi connectivity index (χ0v) is 14.1. The summed E-state index contributed by atoms with van der Waals surface area (Å²) in [5, 5.41) is 11.0. The minimum Gasteiger partial charge on any atom is -0.460 e. The van der Waals surface area contributed by atoms with Gasteiger partial charge in [-0.3, -0.25) is 20.0 Å². The van der Waals surface area contributed by atoms with Gasteiger partial charge in [-0.1, -0.05) is 0 Å². The van der Waals surface area contributed by atoms with Crippen LogP contribution < -0.4 is 16.9 Å². The van der Waals surface area contributed by atoms with Crippen LogP contribution in [-0.2, 0) is 27.3 Å². The molecule has 5 N–H and O–H groups in total. The van der Waals surface area contributed by atoms with Gasteiger partial charge in [-0.2, -0.15) is 4.98 Å². The van der Waals surface area contributed by atoms with Crippen LogP contribution in [0.1, 0.15) is 12.1 Å². The zero-order chi connectivity index (χ0) is 19.6. The molecule has 2 aromatic heterocycles. The van der Waals surface area contributed by atoms with Crippen LogP contribution in [0.3, 0.4) is 0 Å². The van der Waals surface area contributed by atoms with E-state index >= 15 is 0 Å². The third kappa shape index (κ3) is 6.16. The van der Waals surface area contributed by atoms with Gasteiger partial charge in [-0.05, 0) is 6.07 Å². The van der Waals surface area contributed by atoms with Crippen LogP contribution in [0.5, 0.6) is 0 Å². The number of nitrogens with one attached hydrogen (secondary N) is 2. The highest BCUT2D eigenvalue weighted by atomic mass is 16.7. The molecule has 0 aromatic carbocycles. The number of H-pyrrole nitrogens is 1. The number of carbonyl (C=O) groups is 1. The molecule has 27 heavy (non-hydrogen) atoms. The maximum Gasteiger partial charge on any atom is 0.349 e. The van der Waals surface area contributed by atoms with Crippen molar-refractivity contribution >= 4 is 11.8 Å². The molecule has 0 amide bonds. The van der Waals surface area contributed by atoms with E-state index in [9.17, 15) is 14.5 Å². The van der Waals surface area contributed by atoms with E-state index in [-0.39, 0.29) is 31.8 Å². The Morgan fingerprint density at radius 3 is 2.96 bits per heavy atom. The van der Waals surface area contributed by atoms with Gasteiger partial charge in [0.25, 0.3) is 0 Å². The van der Waals surface area contributed by atoms with Crippen LogP contribution in [-0.4, -0.2) is 49.4 Å². The molecule has 0 aliphatic rings. The van der Waals surface area contributed by atoms with Gasteiger partial charge in [-0.15, -0.1) is 4.91 Å². The van der Waals surface area contributed by atoms with Gasteiger partial charge in [0.15, 0.2) is 17.3 Å². The number of hydrogen-bond donors (Lipinski definition) is 4. The minimum absolute atomic E-state index is 0.00112. The Bertz CT molecular complexity index is 794. The highest BCUT2D eigenvalue weighted by Crippen LogP contribution is 2.05. The van der Waals surface area contributed by atoms with Gasteiger partial charge >= 0.3 is 11.7 Å². The first-order valence-electron chi connectivity index (χ1n) is 7.89. The first-order valence-corrected chi connectivity index (χ1v) is 7.89. The Balaban J connectivity index is 1.84. The maximum atomic E-state index is 11.9. The lowest BCUT2D eigenvalue weighted by molar-refractivity contribution is -0.149. The largest absolute Gasteiger partial charge is 0.460 e. The number of ether oxygens (including phenoxy) is 1. The van der Waals surface area contributed by atoms with Crippen molar-refractivity contribution in [1.29, 1.82) is 0 Å². The number of rotatable bonds is 11. The number of aryl methyl sites for hydroxylation is 1. The van der Waals surface area contributed by atoms with Crippen LogP contribution in [0.15, 0.2) is 34.9 Å². The van der Waals surface area contributed by atoms with Crippen molar-refractivity contribution < 1.29 is 19.6 Å². The summed E-state index contributed by atoms with van der Waals surface area (Å²) in [6.45, 7) is -0.144. The van der Waals surface area contributed by atoms with Gasteiger partial charge in [0.2, 0.25) is 0 Å². The first kappa shape index (κ1) is 20.0. The van der Waals surface area contributed by atoms with Crippen molar-refractivity contribution in [2.75, 3.05) is 12.1 Å². The van der Waals surface area contributed by atoms with E-state index in [4.69, 9.17) is 15.7 Å². The Kier molecular flexibility index (Phi) is 7.39. The van der Waals surface area contributed by atoms with Crippen molar-refractivity contribution in [3.05, 3.63) is 45.9 Å².